The van der Waals surface area contributed by atoms with E-state index in [0.717, 1.165) is 0 Å². The first-order valence-electron chi connectivity index (χ1n) is 4.01. The van der Waals surface area contributed by atoms with Gasteiger partial charge in [0, 0.05) is 13.7 Å². The molecule has 0 aromatic carbocycles. The van der Waals surface area contributed by atoms with Crippen LogP contribution in [0.25, 0.3) is 0 Å². The Kier molecular flexibility index (Phi) is 4.70. The van der Waals surface area contributed by atoms with E-state index in [1.54, 1.807) is 6.92 Å². The molecule has 0 rings (SSSR count). The van der Waals surface area contributed by atoms with E-state index in [1.165, 1.54) is 21.0 Å². The fourth-order valence-electron chi connectivity index (χ4n) is 0.824. The van der Waals surface area contributed by atoms with Gasteiger partial charge in [0.15, 0.2) is 6.29 Å². The number of ether oxygens (including phenoxy) is 2. The summed E-state index contributed by atoms with van der Waals surface area (Å²) >= 11 is 0. The molecule has 0 bridgehead atoms. The highest BCUT2D eigenvalue weighted by Crippen LogP contribution is 2.18. The van der Waals surface area contributed by atoms with Crippen molar-refractivity contribution in [3.05, 3.63) is 0 Å². The Morgan fingerprint density at radius 3 is 2.25 bits per heavy atom. The van der Waals surface area contributed by atoms with Crippen molar-refractivity contribution < 1.29 is 19.7 Å². The van der Waals surface area contributed by atoms with E-state index in [4.69, 9.17) is 9.47 Å². The number of aliphatic hydroxyl groups is 2. The van der Waals surface area contributed by atoms with Gasteiger partial charge in [-0.15, -0.1) is 0 Å². The lowest BCUT2D eigenvalue weighted by molar-refractivity contribution is -0.245. The lowest BCUT2D eigenvalue weighted by Crippen LogP contribution is -2.50. The summed E-state index contributed by atoms with van der Waals surface area (Å²) in [6.45, 7) is 5.19. The highest BCUT2D eigenvalue weighted by atomic mass is 16.7. The summed E-state index contributed by atoms with van der Waals surface area (Å²) in [6, 6.07) is 0. The molecule has 0 saturated heterocycles. The van der Waals surface area contributed by atoms with Gasteiger partial charge in [0.25, 0.3) is 0 Å². The van der Waals surface area contributed by atoms with E-state index in [0.29, 0.717) is 6.61 Å². The SMILES string of the molecule is CCOC(OC)C(C)(O)C(C)O. The van der Waals surface area contributed by atoms with E-state index in [-0.39, 0.29) is 0 Å². The summed E-state index contributed by atoms with van der Waals surface area (Å²) in [5, 5.41) is 18.9. The van der Waals surface area contributed by atoms with E-state index in [9.17, 15) is 10.2 Å². The standard InChI is InChI=1S/C8H18O4/c1-5-12-7(11-4)8(3,10)6(2)9/h6-7,9-10H,5H2,1-4H3. The quantitative estimate of drug-likeness (QED) is 0.587. The molecular formula is C8H18O4. The first-order valence-corrected chi connectivity index (χ1v) is 4.01. The molecule has 4 heteroatoms. The number of methoxy groups -OCH3 is 1. The van der Waals surface area contributed by atoms with Crippen LogP contribution in [-0.4, -0.2) is 41.9 Å². The van der Waals surface area contributed by atoms with Gasteiger partial charge < -0.3 is 19.7 Å². The molecule has 0 aliphatic carbocycles. The predicted octanol–water partition coefficient (Wildman–Crippen LogP) is 0.127. The second-order valence-corrected chi connectivity index (χ2v) is 2.92. The van der Waals surface area contributed by atoms with Crippen LogP contribution in [0.2, 0.25) is 0 Å². The maximum Gasteiger partial charge on any atom is 0.188 e. The minimum Gasteiger partial charge on any atom is -0.390 e. The number of aliphatic hydroxyl groups excluding tert-OH is 1. The molecule has 74 valence electrons. The van der Waals surface area contributed by atoms with Gasteiger partial charge in [0.1, 0.15) is 5.60 Å². The van der Waals surface area contributed by atoms with Crippen LogP contribution in [0.15, 0.2) is 0 Å². The molecule has 4 nitrogen and oxygen atoms in total. The molecule has 0 amide bonds. The lowest BCUT2D eigenvalue weighted by atomic mass is 10.00. The zero-order chi connectivity index (χ0) is 9.78. The molecule has 0 fully saturated rings. The highest BCUT2D eigenvalue weighted by molar-refractivity contribution is 4.82. The molecule has 0 aromatic heterocycles. The molecule has 0 aliphatic heterocycles. The van der Waals surface area contributed by atoms with Gasteiger partial charge in [-0.25, -0.2) is 0 Å². The van der Waals surface area contributed by atoms with Crippen LogP contribution in [0.1, 0.15) is 20.8 Å². The van der Waals surface area contributed by atoms with Gasteiger partial charge >= 0.3 is 0 Å². The van der Waals surface area contributed by atoms with Crippen molar-refractivity contribution in [2.45, 2.75) is 38.8 Å². The molecule has 12 heavy (non-hydrogen) atoms. The third-order valence-corrected chi connectivity index (χ3v) is 1.86. The maximum absolute atomic E-state index is 9.68. The molecular weight excluding hydrogens is 160 g/mol. The molecule has 0 heterocycles. The Morgan fingerprint density at radius 2 is 2.00 bits per heavy atom. The zero-order valence-electron chi connectivity index (χ0n) is 8.07. The minimum atomic E-state index is -1.37. The summed E-state index contributed by atoms with van der Waals surface area (Å²) in [5.74, 6) is 0. The predicted molar refractivity (Wildman–Crippen MR) is 44.7 cm³/mol. The molecule has 3 atom stereocenters. The zero-order valence-corrected chi connectivity index (χ0v) is 8.07. The number of hydrogen-bond donors (Lipinski definition) is 2. The van der Waals surface area contributed by atoms with Gasteiger partial charge in [-0.3, -0.25) is 0 Å². The molecule has 3 unspecified atom stereocenters. The molecule has 0 spiro atoms. The Hall–Kier alpha value is -0.160. The van der Waals surface area contributed by atoms with Gasteiger partial charge in [-0.05, 0) is 20.8 Å². The molecule has 0 aromatic rings. The van der Waals surface area contributed by atoms with Gasteiger partial charge in [0.05, 0.1) is 6.10 Å². The molecule has 0 radical (unpaired) electrons. The Bertz CT molecular complexity index is 122. The maximum atomic E-state index is 9.68. The van der Waals surface area contributed by atoms with Crippen molar-refractivity contribution in [2.24, 2.45) is 0 Å². The van der Waals surface area contributed by atoms with E-state index in [2.05, 4.69) is 0 Å². The average molecular weight is 178 g/mol. The first-order chi connectivity index (χ1) is 5.46. The number of rotatable bonds is 5. The third-order valence-electron chi connectivity index (χ3n) is 1.86. The first kappa shape index (κ1) is 11.8. The number of hydrogen-bond acceptors (Lipinski definition) is 4. The fourth-order valence-corrected chi connectivity index (χ4v) is 0.824. The van der Waals surface area contributed by atoms with Crippen LogP contribution in [0.5, 0.6) is 0 Å². The summed E-state index contributed by atoms with van der Waals surface area (Å²) < 4.78 is 9.97. The van der Waals surface area contributed by atoms with Gasteiger partial charge in [-0.1, -0.05) is 0 Å². The Balaban J connectivity index is 4.25. The third kappa shape index (κ3) is 2.71. The largest absolute Gasteiger partial charge is 0.390 e. The van der Waals surface area contributed by atoms with Crippen LogP contribution < -0.4 is 0 Å². The highest BCUT2D eigenvalue weighted by Gasteiger charge is 2.37. The van der Waals surface area contributed by atoms with E-state index >= 15 is 0 Å². The van der Waals surface area contributed by atoms with Crippen molar-refractivity contribution in [1.82, 2.24) is 0 Å². The van der Waals surface area contributed by atoms with E-state index in [1.807, 2.05) is 0 Å². The van der Waals surface area contributed by atoms with Crippen LogP contribution in [0.4, 0.5) is 0 Å². The van der Waals surface area contributed by atoms with Crippen LogP contribution in [-0.2, 0) is 9.47 Å². The van der Waals surface area contributed by atoms with Crippen LogP contribution >= 0.6 is 0 Å². The van der Waals surface area contributed by atoms with Crippen molar-refractivity contribution in [1.29, 1.82) is 0 Å². The molecule has 0 aliphatic rings. The lowest BCUT2D eigenvalue weighted by Gasteiger charge is -2.33. The van der Waals surface area contributed by atoms with Crippen molar-refractivity contribution >= 4 is 0 Å². The normalized spacial score (nSPS) is 21.5. The Morgan fingerprint density at radius 1 is 1.50 bits per heavy atom. The summed E-state index contributed by atoms with van der Waals surface area (Å²) in [6.07, 6.45) is -1.68. The summed E-state index contributed by atoms with van der Waals surface area (Å²) in [4.78, 5) is 0. The van der Waals surface area contributed by atoms with Crippen molar-refractivity contribution in [2.75, 3.05) is 13.7 Å². The molecule has 2 N–H and O–H groups in total. The monoisotopic (exact) mass is 178 g/mol. The van der Waals surface area contributed by atoms with Crippen LogP contribution in [0.3, 0.4) is 0 Å². The topological polar surface area (TPSA) is 58.9 Å². The smallest absolute Gasteiger partial charge is 0.188 e. The summed E-state index contributed by atoms with van der Waals surface area (Å²) in [5.41, 5.74) is -1.37. The minimum absolute atomic E-state index is 0.432. The second-order valence-electron chi connectivity index (χ2n) is 2.92. The van der Waals surface area contributed by atoms with Gasteiger partial charge in [-0.2, -0.15) is 0 Å². The Labute approximate surface area is 73.1 Å². The second kappa shape index (κ2) is 4.77. The fraction of sp³-hybridized carbons (Fsp3) is 1.00. The van der Waals surface area contributed by atoms with Crippen LogP contribution in [0, 0.1) is 0 Å². The van der Waals surface area contributed by atoms with Crippen molar-refractivity contribution in [3.63, 3.8) is 0 Å². The molecule has 0 saturated carbocycles. The average Bonchev–Trinajstić information content (AvgIpc) is 1.99. The van der Waals surface area contributed by atoms with E-state index < -0.39 is 18.0 Å². The van der Waals surface area contributed by atoms with Crippen molar-refractivity contribution in [3.8, 4) is 0 Å². The summed E-state index contributed by atoms with van der Waals surface area (Å²) in [7, 11) is 1.43. The van der Waals surface area contributed by atoms with Gasteiger partial charge in [0.2, 0.25) is 0 Å².